The second-order valence-electron chi connectivity index (χ2n) is 6.44. The molecule has 5 aromatic rings. The SMILES string of the molecule is FC(F)(F)c1cc(-n2cnc3ccccc32)cc(-n2cnc3ccccc32)c1. The maximum Gasteiger partial charge on any atom is 0.416 e. The molecule has 0 saturated heterocycles. The van der Waals surface area contributed by atoms with Crippen LogP contribution in [-0.2, 0) is 6.18 Å². The minimum absolute atomic E-state index is 0.385. The van der Waals surface area contributed by atoms with E-state index in [1.807, 2.05) is 48.5 Å². The number of hydrogen-bond donors (Lipinski definition) is 0. The van der Waals surface area contributed by atoms with Crippen LogP contribution in [0.4, 0.5) is 13.2 Å². The van der Waals surface area contributed by atoms with Crippen LogP contribution in [0.5, 0.6) is 0 Å². The number of halogens is 3. The number of para-hydroxylation sites is 4. The van der Waals surface area contributed by atoms with E-state index in [0.29, 0.717) is 11.4 Å². The summed E-state index contributed by atoms with van der Waals surface area (Å²) in [6.07, 6.45) is -1.40. The number of rotatable bonds is 2. The maximum atomic E-state index is 13.6. The molecule has 0 spiro atoms. The lowest BCUT2D eigenvalue weighted by Crippen LogP contribution is -2.08. The molecule has 2 heterocycles. The summed E-state index contributed by atoms with van der Waals surface area (Å²) in [5.41, 5.74) is 2.96. The van der Waals surface area contributed by atoms with Crippen LogP contribution in [0.1, 0.15) is 5.56 Å². The van der Waals surface area contributed by atoms with E-state index in [-0.39, 0.29) is 0 Å². The second kappa shape index (κ2) is 5.95. The molecule has 0 unspecified atom stereocenters. The van der Waals surface area contributed by atoms with E-state index in [9.17, 15) is 13.2 Å². The van der Waals surface area contributed by atoms with Crippen LogP contribution in [0.15, 0.2) is 79.4 Å². The van der Waals surface area contributed by atoms with Crippen LogP contribution in [0.25, 0.3) is 33.4 Å². The third-order valence-corrected chi connectivity index (χ3v) is 4.69. The Bertz CT molecular complexity index is 1220. The summed E-state index contributed by atoms with van der Waals surface area (Å²) in [6, 6.07) is 18.6. The first-order chi connectivity index (χ1) is 13.5. The molecule has 0 saturated carbocycles. The maximum absolute atomic E-state index is 13.6. The van der Waals surface area contributed by atoms with Gasteiger partial charge in [-0.1, -0.05) is 24.3 Å². The van der Waals surface area contributed by atoms with E-state index < -0.39 is 11.7 Å². The Balaban J connectivity index is 1.78. The van der Waals surface area contributed by atoms with E-state index >= 15 is 0 Å². The molecule has 3 aromatic carbocycles. The molecular formula is C21H13F3N4. The number of fused-ring (bicyclic) bond motifs is 2. The first-order valence-corrected chi connectivity index (χ1v) is 8.58. The van der Waals surface area contributed by atoms with Gasteiger partial charge in [0.2, 0.25) is 0 Å². The Kier molecular flexibility index (Phi) is 3.52. The molecular weight excluding hydrogens is 365 g/mol. The molecule has 138 valence electrons. The van der Waals surface area contributed by atoms with Gasteiger partial charge in [0, 0.05) is 11.4 Å². The molecule has 0 fully saturated rings. The van der Waals surface area contributed by atoms with Crippen molar-refractivity contribution >= 4 is 22.1 Å². The number of hydrogen-bond acceptors (Lipinski definition) is 2. The van der Waals surface area contributed by atoms with E-state index in [1.165, 1.54) is 12.7 Å². The minimum Gasteiger partial charge on any atom is -0.299 e. The predicted molar refractivity (Wildman–Crippen MR) is 101 cm³/mol. The lowest BCUT2D eigenvalue weighted by molar-refractivity contribution is -0.137. The van der Waals surface area contributed by atoms with E-state index in [4.69, 9.17) is 0 Å². The Hall–Kier alpha value is -3.61. The quantitative estimate of drug-likeness (QED) is 0.413. The standard InChI is InChI=1S/C21H13F3N4/c22-21(23,24)14-9-15(27-12-25-17-5-1-3-7-19(17)27)11-16(10-14)28-13-26-18-6-2-4-8-20(18)28/h1-13H. The van der Waals surface area contributed by atoms with Crippen molar-refractivity contribution < 1.29 is 13.2 Å². The summed E-state index contributed by atoms with van der Waals surface area (Å²) < 4.78 is 44.1. The number of benzene rings is 3. The van der Waals surface area contributed by atoms with Crippen molar-refractivity contribution in [3.8, 4) is 11.4 Å². The molecule has 0 bridgehead atoms. The third-order valence-electron chi connectivity index (χ3n) is 4.69. The Morgan fingerprint density at radius 3 is 1.57 bits per heavy atom. The van der Waals surface area contributed by atoms with Crippen molar-refractivity contribution in [2.24, 2.45) is 0 Å². The zero-order chi connectivity index (χ0) is 19.3. The largest absolute Gasteiger partial charge is 0.416 e. The van der Waals surface area contributed by atoms with Crippen LogP contribution < -0.4 is 0 Å². The van der Waals surface area contributed by atoms with Gasteiger partial charge in [0.25, 0.3) is 0 Å². The highest BCUT2D eigenvalue weighted by molar-refractivity contribution is 5.79. The van der Waals surface area contributed by atoms with Gasteiger partial charge >= 0.3 is 6.18 Å². The first-order valence-electron chi connectivity index (χ1n) is 8.58. The van der Waals surface area contributed by atoms with Crippen molar-refractivity contribution in [2.45, 2.75) is 6.18 Å². The van der Waals surface area contributed by atoms with E-state index in [0.717, 1.165) is 34.2 Å². The Morgan fingerprint density at radius 2 is 1.11 bits per heavy atom. The first kappa shape index (κ1) is 16.6. The number of aromatic nitrogens is 4. The molecule has 2 aromatic heterocycles. The van der Waals surface area contributed by atoms with Gasteiger partial charge in [0.15, 0.2) is 0 Å². The predicted octanol–water partition coefficient (Wildman–Crippen LogP) is 5.38. The fraction of sp³-hybridized carbons (Fsp3) is 0.0476. The molecule has 0 aliphatic carbocycles. The third kappa shape index (κ3) is 2.63. The molecule has 28 heavy (non-hydrogen) atoms. The van der Waals surface area contributed by atoms with Gasteiger partial charge in [0.05, 0.1) is 27.6 Å². The van der Waals surface area contributed by atoms with Crippen molar-refractivity contribution in [1.29, 1.82) is 0 Å². The zero-order valence-electron chi connectivity index (χ0n) is 14.4. The van der Waals surface area contributed by atoms with Crippen molar-refractivity contribution in [2.75, 3.05) is 0 Å². The number of alkyl halides is 3. The molecule has 4 nitrogen and oxygen atoms in total. The van der Waals surface area contributed by atoms with Crippen LogP contribution in [0, 0.1) is 0 Å². The van der Waals surface area contributed by atoms with E-state index in [2.05, 4.69) is 9.97 Å². The highest BCUT2D eigenvalue weighted by Gasteiger charge is 2.31. The molecule has 5 rings (SSSR count). The van der Waals surface area contributed by atoms with Gasteiger partial charge in [0.1, 0.15) is 12.7 Å². The lowest BCUT2D eigenvalue weighted by atomic mass is 10.1. The van der Waals surface area contributed by atoms with Crippen LogP contribution in [0.3, 0.4) is 0 Å². The Morgan fingerprint density at radius 1 is 0.643 bits per heavy atom. The topological polar surface area (TPSA) is 35.6 Å². The van der Waals surface area contributed by atoms with Crippen molar-refractivity contribution in [3.63, 3.8) is 0 Å². The number of imidazole rings is 2. The molecule has 0 amide bonds. The Labute approximate surface area is 157 Å². The highest BCUT2D eigenvalue weighted by Crippen LogP contribution is 2.34. The summed E-state index contributed by atoms with van der Waals surface area (Å²) in [6.45, 7) is 0. The van der Waals surface area contributed by atoms with Gasteiger partial charge < -0.3 is 0 Å². The van der Waals surface area contributed by atoms with Crippen molar-refractivity contribution in [1.82, 2.24) is 19.1 Å². The van der Waals surface area contributed by atoms with Crippen LogP contribution >= 0.6 is 0 Å². The summed E-state index contributed by atoms with van der Waals surface area (Å²) in [5.74, 6) is 0. The summed E-state index contributed by atoms with van der Waals surface area (Å²) >= 11 is 0. The minimum atomic E-state index is -4.47. The van der Waals surface area contributed by atoms with Gasteiger partial charge in [-0.05, 0) is 42.5 Å². The zero-order valence-corrected chi connectivity index (χ0v) is 14.4. The highest BCUT2D eigenvalue weighted by atomic mass is 19.4. The number of nitrogens with zero attached hydrogens (tertiary/aromatic N) is 4. The summed E-state index contributed by atoms with van der Waals surface area (Å²) in [5, 5.41) is 0. The molecule has 7 heteroatoms. The molecule has 0 atom stereocenters. The summed E-state index contributed by atoms with van der Waals surface area (Å²) in [7, 11) is 0. The average Bonchev–Trinajstić information content (AvgIpc) is 3.31. The van der Waals surface area contributed by atoms with E-state index in [1.54, 1.807) is 15.2 Å². The lowest BCUT2D eigenvalue weighted by Gasteiger charge is -2.14. The van der Waals surface area contributed by atoms with Gasteiger partial charge in [-0.2, -0.15) is 13.2 Å². The fourth-order valence-corrected chi connectivity index (χ4v) is 3.37. The van der Waals surface area contributed by atoms with Crippen LogP contribution in [-0.4, -0.2) is 19.1 Å². The normalized spacial score (nSPS) is 12.1. The van der Waals surface area contributed by atoms with Gasteiger partial charge in [-0.15, -0.1) is 0 Å². The summed E-state index contributed by atoms with van der Waals surface area (Å²) in [4.78, 5) is 8.58. The molecule has 0 N–H and O–H groups in total. The van der Waals surface area contributed by atoms with Gasteiger partial charge in [-0.25, -0.2) is 9.97 Å². The molecule has 0 radical (unpaired) electrons. The fourth-order valence-electron chi connectivity index (χ4n) is 3.37. The van der Waals surface area contributed by atoms with Crippen molar-refractivity contribution in [3.05, 3.63) is 84.9 Å². The second-order valence-corrected chi connectivity index (χ2v) is 6.44. The molecule has 0 aliphatic heterocycles. The molecule has 0 aliphatic rings. The average molecular weight is 378 g/mol. The van der Waals surface area contributed by atoms with Gasteiger partial charge in [-0.3, -0.25) is 9.13 Å². The van der Waals surface area contributed by atoms with Crippen LogP contribution in [0.2, 0.25) is 0 Å². The monoisotopic (exact) mass is 378 g/mol. The smallest absolute Gasteiger partial charge is 0.299 e.